The van der Waals surface area contributed by atoms with Gasteiger partial charge in [0.1, 0.15) is 0 Å². The lowest BCUT2D eigenvalue weighted by molar-refractivity contribution is -0.260. The summed E-state index contributed by atoms with van der Waals surface area (Å²) in [5, 5.41) is 24.1. The van der Waals surface area contributed by atoms with E-state index in [9.17, 15) is 10.4 Å². The lowest BCUT2D eigenvalue weighted by Crippen LogP contribution is -2.45. The van der Waals surface area contributed by atoms with Crippen LogP contribution in [-0.4, -0.2) is 24.5 Å². The molecule has 2 N–H and O–H groups in total. The van der Waals surface area contributed by atoms with Crippen molar-refractivity contribution in [1.82, 2.24) is 21.4 Å². The van der Waals surface area contributed by atoms with Gasteiger partial charge in [0.15, 0.2) is 0 Å². The Morgan fingerprint density at radius 1 is 0.944 bits per heavy atom. The van der Waals surface area contributed by atoms with Gasteiger partial charge in [-0.15, -0.1) is 0 Å². The Morgan fingerprint density at radius 3 is 1.67 bits per heavy atom. The van der Waals surface area contributed by atoms with Gasteiger partial charge in [-0.1, -0.05) is 24.3 Å². The van der Waals surface area contributed by atoms with Gasteiger partial charge in [-0.25, -0.2) is 20.3 Å². The highest BCUT2D eigenvalue weighted by atomic mass is 17.0. The van der Waals surface area contributed by atoms with E-state index in [0.717, 1.165) is 11.1 Å². The molecule has 0 radical (unpaired) electrons. The molecule has 8 nitrogen and oxygen atoms in total. The predicted octanol–water partition coefficient (Wildman–Crippen LogP) is 0.514. The molecule has 18 heavy (non-hydrogen) atoms. The predicted molar refractivity (Wildman–Crippen MR) is 62.6 cm³/mol. The Hall–Kier alpha value is -1.10. The van der Waals surface area contributed by atoms with Crippen LogP contribution in [0, 0.1) is 10.4 Å². The number of fused-ring (bicyclic) bond motifs is 1. The lowest BCUT2D eigenvalue weighted by Gasteiger charge is -2.52. The van der Waals surface area contributed by atoms with Gasteiger partial charge >= 0.3 is 0 Å². The second kappa shape index (κ2) is 5.69. The van der Waals surface area contributed by atoms with Gasteiger partial charge in [0.05, 0.1) is 12.1 Å². The summed E-state index contributed by atoms with van der Waals surface area (Å²) in [6.45, 7) is 0. The summed E-state index contributed by atoms with van der Waals surface area (Å²) in [4.78, 5) is 9.29. The van der Waals surface area contributed by atoms with E-state index in [4.69, 9.17) is 0 Å². The summed E-state index contributed by atoms with van der Waals surface area (Å²) in [7, 11) is 2.92. The standard InChI is InChI=1S/C10H14N4O4/c1-11-17-13(15)9-7-5-3-4-6-8(7)10(9)14(16)18-12-2/h3-6,9-12H,1-2H3/q-2. The zero-order chi connectivity index (χ0) is 13.1. The summed E-state index contributed by atoms with van der Waals surface area (Å²) in [5.41, 5.74) is 6.04. The van der Waals surface area contributed by atoms with Crippen LogP contribution < -0.4 is 11.0 Å². The minimum Gasteiger partial charge on any atom is -0.760 e. The third-order valence-electron chi connectivity index (χ3n) is 2.75. The molecular weight excluding hydrogens is 240 g/mol. The van der Waals surface area contributed by atoms with Crippen molar-refractivity contribution in [3.8, 4) is 0 Å². The van der Waals surface area contributed by atoms with Gasteiger partial charge in [0.25, 0.3) is 0 Å². The van der Waals surface area contributed by atoms with Crippen molar-refractivity contribution in [1.29, 1.82) is 0 Å². The molecule has 0 bridgehead atoms. The van der Waals surface area contributed by atoms with Crippen LogP contribution in [0.15, 0.2) is 24.3 Å². The van der Waals surface area contributed by atoms with Crippen molar-refractivity contribution in [3.63, 3.8) is 0 Å². The maximum absolute atomic E-state index is 11.7. The number of nitrogens with one attached hydrogen (secondary N) is 2. The largest absolute Gasteiger partial charge is 0.760 e. The highest BCUT2D eigenvalue weighted by Crippen LogP contribution is 2.49. The van der Waals surface area contributed by atoms with Crippen LogP contribution in [0.4, 0.5) is 0 Å². The van der Waals surface area contributed by atoms with E-state index >= 15 is 0 Å². The molecule has 2 unspecified atom stereocenters. The van der Waals surface area contributed by atoms with E-state index in [1.54, 1.807) is 24.3 Å². The smallest absolute Gasteiger partial charge is 0.0700 e. The van der Waals surface area contributed by atoms with E-state index in [1.807, 2.05) is 0 Å². The third kappa shape index (κ3) is 2.23. The van der Waals surface area contributed by atoms with Crippen LogP contribution in [0.25, 0.3) is 0 Å². The zero-order valence-corrected chi connectivity index (χ0v) is 9.99. The van der Waals surface area contributed by atoms with E-state index in [1.165, 1.54) is 14.1 Å². The minimum absolute atomic E-state index is 0.344. The molecule has 1 aliphatic carbocycles. The molecule has 2 rings (SSSR count). The van der Waals surface area contributed by atoms with E-state index < -0.39 is 12.1 Å². The topological polar surface area (TPSA) is 95.1 Å². The molecule has 8 heteroatoms. The molecule has 0 aromatic heterocycles. The first-order valence-electron chi connectivity index (χ1n) is 5.39. The maximum Gasteiger partial charge on any atom is 0.0700 e. The molecule has 1 aliphatic rings. The number of hydrogen-bond acceptors (Lipinski definition) is 8. The van der Waals surface area contributed by atoms with Crippen LogP contribution in [0.5, 0.6) is 0 Å². The Morgan fingerprint density at radius 2 is 1.33 bits per heavy atom. The molecular formula is C10H14N4O4-2. The van der Waals surface area contributed by atoms with Crippen molar-refractivity contribution < 1.29 is 9.88 Å². The molecule has 0 spiro atoms. The number of rotatable bonds is 6. The number of nitrogens with zero attached hydrogens (tertiary/aromatic N) is 2. The summed E-state index contributed by atoms with van der Waals surface area (Å²) in [5.74, 6) is 0. The molecule has 0 aliphatic heterocycles. The molecule has 0 saturated heterocycles. The van der Waals surface area contributed by atoms with Crippen molar-refractivity contribution >= 4 is 0 Å². The Kier molecular flexibility index (Phi) is 4.22. The maximum atomic E-state index is 11.7. The average Bonchev–Trinajstić information content (AvgIpc) is 2.31. The highest BCUT2D eigenvalue weighted by molar-refractivity contribution is 5.43. The van der Waals surface area contributed by atoms with Gasteiger partial charge < -0.3 is 10.4 Å². The summed E-state index contributed by atoms with van der Waals surface area (Å²) >= 11 is 0. The van der Waals surface area contributed by atoms with E-state index in [2.05, 4.69) is 20.8 Å². The minimum atomic E-state index is -0.737. The van der Waals surface area contributed by atoms with Crippen LogP contribution in [-0.2, 0) is 9.88 Å². The van der Waals surface area contributed by atoms with Crippen molar-refractivity contribution in [3.05, 3.63) is 45.8 Å². The fourth-order valence-corrected chi connectivity index (χ4v) is 2.04. The van der Waals surface area contributed by atoms with Gasteiger partial charge in [0, 0.05) is 14.1 Å². The third-order valence-corrected chi connectivity index (χ3v) is 2.75. The van der Waals surface area contributed by atoms with Gasteiger partial charge in [-0.05, 0) is 11.1 Å². The van der Waals surface area contributed by atoms with Crippen LogP contribution >= 0.6 is 0 Å². The summed E-state index contributed by atoms with van der Waals surface area (Å²) in [6.07, 6.45) is 0. The fourth-order valence-electron chi connectivity index (χ4n) is 2.04. The molecule has 1 aromatic rings. The molecule has 0 heterocycles. The van der Waals surface area contributed by atoms with Gasteiger partial charge in [-0.2, -0.15) is 11.0 Å². The zero-order valence-electron chi connectivity index (χ0n) is 9.99. The van der Waals surface area contributed by atoms with E-state index in [0.29, 0.717) is 10.5 Å². The first kappa shape index (κ1) is 13.3. The van der Waals surface area contributed by atoms with Crippen molar-refractivity contribution in [2.75, 3.05) is 14.1 Å². The molecule has 2 atom stereocenters. The second-order valence-electron chi connectivity index (χ2n) is 3.68. The number of hydroxylamine groups is 6. The highest BCUT2D eigenvalue weighted by Gasteiger charge is 2.40. The Bertz CT molecular complexity index is 368. The number of benzene rings is 1. The van der Waals surface area contributed by atoms with E-state index in [-0.39, 0.29) is 0 Å². The van der Waals surface area contributed by atoms with Crippen molar-refractivity contribution in [2.24, 2.45) is 0 Å². The quantitative estimate of drug-likeness (QED) is 0.709. The number of hydrogen-bond donors (Lipinski definition) is 2. The van der Waals surface area contributed by atoms with Crippen LogP contribution in [0.3, 0.4) is 0 Å². The van der Waals surface area contributed by atoms with Gasteiger partial charge in [0.2, 0.25) is 0 Å². The fraction of sp³-hybridized carbons (Fsp3) is 0.400. The monoisotopic (exact) mass is 254 g/mol. The second-order valence-corrected chi connectivity index (χ2v) is 3.68. The average molecular weight is 254 g/mol. The molecule has 0 fully saturated rings. The first-order valence-corrected chi connectivity index (χ1v) is 5.39. The normalized spacial score (nSPS) is 22.1. The summed E-state index contributed by atoms with van der Waals surface area (Å²) in [6, 6.07) is 5.66. The first-order chi connectivity index (χ1) is 8.70. The molecule has 1 aromatic carbocycles. The molecule has 0 amide bonds. The Labute approximate surface area is 104 Å². The Balaban J connectivity index is 2.21. The SMILES string of the molecule is CNON([O-])C1c2ccccc2C1N([O-])ONC. The van der Waals surface area contributed by atoms with Crippen molar-refractivity contribution in [2.45, 2.75) is 12.1 Å². The molecule has 100 valence electrons. The van der Waals surface area contributed by atoms with Crippen LogP contribution in [0.1, 0.15) is 23.2 Å². The van der Waals surface area contributed by atoms with Gasteiger partial charge in [-0.3, -0.25) is 0 Å². The lowest BCUT2D eigenvalue weighted by atomic mass is 9.79. The summed E-state index contributed by atoms with van der Waals surface area (Å²) < 4.78 is 0. The molecule has 0 saturated carbocycles. The van der Waals surface area contributed by atoms with Crippen LogP contribution in [0.2, 0.25) is 0 Å².